The molecule has 0 bridgehead atoms. The molecule has 11 heteroatoms. The zero-order valence-corrected chi connectivity index (χ0v) is 14.7. The summed E-state index contributed by atoms with van der Waals surface area (Å²) in [7, 11) is 1.74. The summed E-state index contributed by atoms with van der Waals surface area (Å²) in [6.45, 7) is 0.272. The number of alkyl halides is 3. The molecule has 0 radical (unpaired) electrons. The molecule has 1 aromatic carbocycles. The Morgan fingerprint density at radius 1 is 1.04 bits per heavy atom. The molecule has 2 aromatic heterocycles. The average Bonchev–Trinajstić information content (AvgIpc) is 3.01. The molecule has 1 aliphatic rings. The molecule has 140 valence electrons. The number of nitrogens with zero attached hydrogens (tertiary/aromatic N) is 5. The highest BCUT2D eigenvalue weighted by Gasteiger charge is 2.33. The van der Waals surface area contributed by atoms with Crippen LogP contribution in [-0.4, -0.2) is 31.6 Å². The quantitative estimate of drug-likeness (QED) is 0.674. The number of fused-ring (bicyclic) bond motifs is 1. The Morgan fingerprint density at radius 3 is 2.52 bits per heavy atom. The largest absolute Gasteiger partial charge is 0.485 e. The monoisotopic (exact) mass is 395 g/mol. The van der Waals surface area contributed by atoms with Crippen molar-refractivity contribution in [1.82, 2.24) is 25.0 Å². The van der Waals surface area contributed by atoms with Crippen LogP contribution in [0.2, 0.25) is 0 Å². The van der Waals surface area contributed by atoms with Crippen LogP contribution in [0.5, 0.6) is 11.5 Å². The third kappa shape index (κ3) is 3.54. The molecule has 0 aliphatic carbocycles. The lowest BCUT2D eigenvalue weighted by Crippen LogP contribution is -2.24. The van der Waals surface area contributed by atoms with Crippen molar-refractivity contribution in [3.63, 3.8) is 0 Å². The molecular weight excluding hydrogens is 383 g/mol. The molecule has 27 heavy (non-hydrogen) atoms. The van der Waals surface area contributed by atoms with Crippen LogP contribution >= 0.6 is 11.8 Å². The van der Waals surface area contributed by atoms with Crippen molar-refractivity contribution in [2.24, 2.45) is 7.05 Å². The number of ether oxygens (including phenoxy) is 2. The molecule has 0 N–H and O–H groups in total. The number of halogens is 3. The second-order valence-corrected chi connectivity index (χ2v) is 6.61. The molecule has 0 spiro atoms. The summed E-state index contributed by atoms with van der Waals surface area (Å²) in [5, 5.41) is 15.7. The van der Waals surface area contributed by atoms with Crippen LogP contribution in [0.25, 0.3) is 0 Å². The van der Waals surface area contributed by atoms with E-state index in [1.807, 2.05) is 18.2 Å². The van der Waals surface area contributed by atoms with Gasteiger partial charge in [-0.25, -0.2) is 0 Å². The van der Waals surface area contributed by atoms with Gasteiger partial charge in [0.2, 0.25) is 0 Å². The molecule has 0 saturated carbocycles. The van der Waals surface area contributed by atoms with Gasteiger partial charge in [0.15, 0.2) is 34.3 Å². The van der Waals surface area contributed by atoms with E-state index in [0.717, 1.165) is 17.8 Å². The number of hydrogen-bond acceptors (Lipinski definition) is 7. The molecule has 3 heterocycles. The maximum absolute atomic E-state index is 12.6. The fourth-order valence-electron chi connectivity index (χ4n) is 2.46. The van der Waals surface area contributed by atoms with E-state index in [4.69, 9.17) is 9.47 Å². The molecule has 0 fully saturated rings. The molecule has 0 saturated heterocycles. The van der Waals surface area contributed by atoms with E-state index < -0.39 is 18.0 Å². The lowest BCUT2D eigenvalue weighted by Gasteiger charge is -2.25. The molecule has 0 amide bonds. The molecule has 1 unspecified atom stereocenters. The molecule has 3 aromatic rings. The zero-order chi connectivity index (χ0) is 19.0. The van der Waals surface area contributed by atoms with Crippen LogP contribution in [0, 0.1) is 0 Å². The second kappa shape index (κ2) is 6.72. The van der Waals surface area contributed by atoms with Crippen LogP contribution < -0.4 is 9.47 Å². The van der Waals surface area contributed by atoms with Gasteiger partial charge in [0, 0.05) is 7.05 Å². The standard InChI is InChI=1S/C16H12F3N5O2S/c1-24-14(11-8-25-9-4-2-3-5-10(9)26-11)22-23-15(24)27-13-7-6-12(20-21-13)16(17,18)19/h2-7,11H,8H2,1H3. The second-order valence-electron chi connectivity index (χ2n) is 5.62. The summed E-state index contributed by atoms with van der Waals surface area (Å²) >= 11 is 1.06. The van der Waals surface area contributed by atoms with Gasteiger partial charge >= 0.3 is 6.18 Å². The van der Waals surface area contributed by atoms with Gasteiger partial charge in [-0.1, -0.05) is 12.1 Å². The fraction of sp³-hybridized carbons (Fsp3) is 0.250. The lowest BCUT2D eigenvalue weighted by molar-refractivity contribution is -0.141. The number of aromatic nitrogens is 5. The van der Waals surface area contributed by atoms with Gasteiger partial charge in [-0.05, 0) is 36.0 Å². The predicted molar refractivity (Wildman–Crippen MR) is 87.5 cm³/mol. The van der Waals surface area contributed by atoms with E-state index in [1.165, 1.54) is 6.07 Å². The van der Waals surface area contributed by atoms with Crippen molar-refractivity contribution in [1.29, 1.82) is 0 Å². The predicted octanol–water partition coefficient (Wildman–Crippen LogP) is 3.29. The Balaban J connectivity index is 1.51. The third-order valence-corrected chi connectivity index (χ3v) is 4.76. The van der Waals surface area contributed by atoms with Crippen LogP contribution in [0.1, 0.15) is 17.6 Å². The van der Waals surface area contributed by atoms with Crippen molar-refractivity contribution in [2.45, 2.75) is 22.5 Å². The van der Waals surface area contributed by atoms with Gasteiger partial charge < -0.3 is 14.0 Å². The van der Waals surface area contributed by atoms with Gasteiger partial charge in [-0.15, -0.1) is 20.4 Å². The number of para-hydroxylation sites is 2. The van der Waals surface area contributed by atoms with Crippen LogP contribution in [0.15, 0.2) is 46.6 Å². The van der Waals surface area contributed by atoms with Crippen molar-refractivity contribution in [2.75, 3.05) is 6.61 Å². The SMILES string of the molecule is Cn1c(Sc2ccc(C(F)(F)F)nn2)nnc1C1COc2ccccc2O1. The van der Waals surface area contributed by atoms with Gasteiger partial charge in [0.05, 0.1) is 0 Å². The zero-order valence-electron chi connectivity index (χ0n) is 13.8. The fourth-order valence-corrected chi connectivity index (χ4v) is 3.18. The Kier molecular flexibility index (Phi) is 4.38. The summed E-state index contributed by atoms with van der Waals surface area (Å²) in [6.07, 6.45) is -4.98. The first kappa shape index (κ1) is 17.6. The summed E-state index contributed by atoms with van der Waals surface area (Å²) in [6, 6.07) is 9.42. The molecule has 7 nitrogen and oxygen atoms in total. The average molecular weight is 395 g/mol. The Morgan fingerprint density at radius 2 is 1.81 bits per heavy atom. The summed E-state index contributed by atoms with van der Waals surface area (Å²) in [5.74, 6) is 1.80. The topological polar surface area (TPSA) is 75.0 Å². The molecular formula is C16H12F3N5O2S. The third-order valence-electron chi connectivity index (χ3n) is 3.79. The van der Waals surface area contributed by atoms with Crippen molar-refractivity contribution in [3.05, 3.63) is 47.9 Å². The van der Waals surface area contributed by atoms with E-state index in [9.17, 15) is 13.2 Å². The van der Waals surface area contributed by atoms with E-state index in [0.29, 0.717) is 22.5 Å². The first-order valence-corrected chi connectivity index (χ1v) is 8.60. The van der Waals surface area contributed by atoms with E-state index in [1.54, 1.807) is 17.7 Å². The van der Waals surface area contributed by atoms with Crippen LogP contribution in [0.4, 0.5) is 13.2 Å². The van der Waals surface area contributed by atoms with Gasteiger partial charge in [-0.3, -0.25) is 0 Å². The highest BCUT2D eigenvalue weighted by atomic mass is 32.2. The van der Waals surface area contributed by atoms with Crippen molar-refractivity contribution < 1.29 is 22.6 Å². The van der Waals surface area contributed by atoms with Crippen LogP contribution in [0.3, 0.4) is 0 Å². The first-order chi connectivity index (χ1) is 12.9. The highest BCUT2D eigenvalue weighted by molar-refractivity contribution is 7.99. The maximum atomic E-state index is 12.6. The van der Waals surface area contributed by atoms with Crippen LogP contribution in [-0.2, 0) is 13.2 Å². The number of hydrogen-bond donors (Lipinski definition) is 0. The summed E-state index contributed by atoms with van der Waals surface area (Å²) in [5.41, 5.74) is -1.04. The van der Waals surface area contributed by atoms with E-state index in [2.05, 4.69) is 20.4 Å². The minimum absolute atomic E-state index is 0.272. The van der Waals surface area contributed by atoms with Gasteiger partial charge in [-0.2, -0.15) is 13.2 Å². The number of rotatable bonds is 3. The lowest BCUT2D eigenvalue weighted by atomic mass is 10.2. The highest BCUT2D eigenvalue weighted by Crippen LogP contribution is 2.36. The molecule has 1 atom stereocenters. The normalized spacial score (nSPS) is 16.4. The summed E-state index contributed by atoms with van der Waals surface area (Å²) in [4.78, 5) is 0. The Labute approximate surface area is 155 Å². The number of benzene rings is 1. The van der Waals surface area contributed by atoms with Gasteiger partial charge in [0.1, 0.15) is 11.6 Å². The van der Waals surface area contributed by atoms with E-state index >= 15 is 0 Å². The molecule has 1 aliphatic heterocycles. The Bertz CT molecular complexity index is 961. The smallest absolute Gasteiger partial charge is 0.435 e. The van der Waals surface area contributed by atoms with Gasteiger partial charge in [0.25, 0.3) is 0 Å². The minimum atomic E-state index is -4.53. The van der Waals surface area contributed by atoms with Crippen molar-refractivity contribution in [3.8, 4) is 11.5 Å². The first-order valence-electron chi connectivity index (χ1n) is 7.78. The van der Waals surface area contributed by atoms with Crippen molar-refractivity contribution >= 4 is 11.8 Å². The van der Waals surface area contributed by atoms with E-state index in [-0.39, 0.29) is 11.6 Å². The summed E-state index contributed by atoms with van der Waals surface area (Å²) < 4.78 is 51.0. The molecule has 4 rings (SSSR count). The maximum Gasteiger partial charge on any atom is 0.435 e. The Hall–Kier alpha value is -2.82. The minimum Gasteiger partial charge on any atom is -0.485 e.